The molecule has 28 heavy (non-hydrogen) atoms. The van der Waals surface area contributed by atoms with E-state index in [0.29, 0.717) is 24.1 Å². The predicted molar refractivity (Wildman–Crippen MR) is 102 cm³/mol. The molecule has 2 aromatic heterocycles. The summed E-state index contributed by atoms with van der Waals surface area (Å²) in [6.07, 6.45) is 5.60. The number of nitrogens with zero attached hydrogens (tertiary/aromatic N) is 3. The number of hydrogen-bond donors (Lipinski definition) is 1. The van der Waals surface area contributed by atoms with Crippen LogP contribution in [0.25, 0.3) is 0 Å². The number of rotatable bonds is 5. The fourth-order valence-corrected chi connectivity index (χ4v) is 5.28. The summed E-state index contributed by atoms with van der Waals surface area (Å²) in [7, 11) is 0. The Morgan fingerprint density at radius 2 is 2.21 bits per heavy atom. The molecule has 1 N–H and O–H groups in total. The quantitative estimate of drug-likeness (QED) is 0.853. The summed E-state index contributed by atoms with van der Waals surface area (Å²) >= 11 is 0. The van der Waals surface area contributed by atoms with Gasteiger partial charge in [-0.25, -0.2) is 4.98 Å². The molecule has 1 spiro atoms. The van der Waals surface area contributed by atoms with Crippen LogP contribution in [0.3, 0.4) is 0 Å². The van der Waals surface area contributed by atoms with E-state index < -0.39 is 0 Å². The average molecular weight is 382 g/mol. The van der Waals surface area contributed by atoms with Crippen LogP contribution in [0.5, 0.6) is 0 Å². The summed E-state index contributed by atoms with van der Waals surface area (Å²) in [4.78, 5) is 23.2. The van der Waals surface area contributed by atoms with Crippen molar-refractivity contribution < 1.29 is 13.9 Å². The summed E-state index contributed by atoms with van der Waals surface area (Å²) in [5.74, 6) is 2.59. The topological polar surface area (TPSA) is 80.5 Å². The molecule has 2 bridgehead atoms. The third-order valence-electron chi connectivity index (χ3n) is 6.54. The Morgan fingerprint density at radius 1 is 1.32 bits per heavy atom. The van der Waals surface area contributed by atoms with Crippen molar-refractivity contribution in [3.8, 4) is 0 Å². The van der Waals surface area contributed by atoms with Crippen LogP contribution in [-0.2, 0) is 11.3 Å². The lowest BCUT2D eigenvalue weighted by molar-refractivity contribution is 0.00166. The van der Waals surface area contributed by atoms with Crippen LogP contribution in [0.15, 0.2) is 28.9 Å². The molecule has 5 rings (SSSR count). The zero-order chi connectivity index (χ0) is 19.3. The van der Waals surface area contributed by atoms with Gasteiger partial charge in [0.25, 0.3) is 5.91 Å². The highest BCUT2D eigenvalue weighted by atomic mass is 16.5. The number of likely N-dealkylation sites (tertiary alicyclic amines) is 1. The van der Waals surface area contributed by atoms with Gasteiger partial charge in [-0.05, 0) is 38.8 Å². The Labute approximate surface area is 164 Å². The van der Waals surface area contributed by atoms with Gasteiger partial charge < -0.3 is 14.5 Å². The summed E-state index contributed by atoms with van der Waals surface area (Å²) in [5, 5.41) is 3.06. The van der Waals surface area contributed by atoms with Crippen LogP contribution in [-0.4, -0.2) is 52.1 Å². The molecular weight excluding hydrogens is 356 g/mol. The van der Waals surface area contributed by atoms with Gasteiger partial charge in [0.2, 0.25) is 0 Å². The molecule has 0 unspecified atom stereocenters. The molecular formula is C21H26N4O3. The second kappa shape index (κ2) is 6.67. The van der Waals surface area contributed by atoms with E-state index in [4.69, 9.17) is 9.15 Å². The maximum Gasteiger partial charge on any atom is 0.271 e. The minimum atomic E-state index is -0.162. The maximum atomic E-state index is 12.4. The molecule has 3 saturated heterocycles. The van der Waals surface area contributed by atoms with Crippen molar-refractivity contribution >= 4 is 5.91 Å². The largest absolute Gasteiger partial charge is 0.465 e. The second-order valence-corrected chi connectivity index (χ2v) is 8.47. The van der Waals surface area contributed by atoms with Gasteiger partial charge in [0.1, 0.15) is 17.2 Å². The highest BCUT2D eigenvalue weighted by Crippen LogP contribution is 2.54. The first-order valence-electron chi connectivity index (χ1n) is 10.0. The van der Waals surface area contributed by atoms with E-state index >= 15 is 0 Å². The van der Waals surface area contributed by atoms with Crippen LogP contribution in [0.1, 0.15) is 40.5 Å². The van der Waals surface area contributed by atoms with Crippen LogP contribution in [0.2, 0.25) is 0 Å². The molecule has 3 aliphatic rings. The van der Waals surface area contributed by atoms with Crippen molar-refractivity contribution in [2.75, 3.05) is 19.6 Å². The Morgan fingerprint density at radius 3 is 2.96 bits per heavy atom. The molecule has 1 amide bonds. The summed E-state index contributed by atoms with van der Waals surface area (Å²) in [6.45, 7) is 7.21. The summed E-state index contributed by atoms with van der Waals surface area (Å²) < 4.78 is 12.2. The molecule has 0 aromatic carbocycles. The number of aryl methyl sites for hydroxylation is 2. The Balaban J connectivity index is 1.24. The Bertz CT molecular complexity index is 880. The lowest BCUT2D eigenvalue weighted by Crippen LogP contribution is -2.42. The molecule has 148 valence electrons. The fourth-order valence-electron chi connectivity index (χ4n) is 5.28. The Kier molecular flexibility index (Phi) is 4.25. The van der Waals surface area contributed by atoms with Crippen molar-refractivity contribution in [3.05, 3.63) is 47.4 Å². The third kappa shape index (κ3) is 3.02. The van der Waals surface area contributed by atoms with Gasteiger partial charge in [0, 0.05) is 37.7 Å². The zero-order valence-electron chi connectivity index (χ0n) is 16.4. The first kappa shape index (κ1) is 17.8. The summed E-state index contributed by atoms with van der Waals surface area (Å²) in [5.41, 5.74) is 1.12. The number of carbonyl (C=O) groups excluding carboxylic acids is 1. The molecule has 3 aliphatic heterocycles. The van der Waals surface area contributed by atoms with Crippen molar-refractivity contribution in [2.24, 2.45) is 11.8 Å². The van der Waals surface area contributed by atoms with Gasteiger partial charge in [-0.2, -0.15) is 0 Å². The van der Waals surface area contributed by atoms with Gasteiger partial charge in [0.15, 0.2) is 0 Å². The van der Waals surface area contributed by atoms with Crippen molar-refractivity contribution in [2.45, 2.75) is 44.9 Å². The van der Waals surface area contributed by atoms with Crippen LogP contribution in [0, 0.1) is 25.7 Å². The highest BCUT2D eigenvalue weighted by molar-refractivity contribution is 5.91. The van der Waals surface area contributed by atoms with E-state index in [1.165, 1.54) is 6.20 Å². The van der Waals surface area contributed by atoms with E-state index in [2.05, 4.69) is 26.3 Å². The van der Waals surface area contributed by atoms with Crippen molar-refractivity contribution in [3.63, 3.8) is 0 Å². The van der Waals surface area contributed by atoms with Crippen LogP contribution < -0.4 is 5.32 Å². The van der Waals surface area contributed by atoms with Crippen LogP contribution >= 0.6 is 0 Å². The van der Waals surface area contributed by atoms with Gasteiger partial charge >= 0.3 is 0 Å². The smallest absolute Gasteiger partial charge is 0.271 e. The maximum absolute atomic E-state index is 12.4. The van der Waals surface area contributed by atoms with Crippen molar-refractivity contribution in [1.82, 2.24) is 20.2 Å². The molecule has 0 saturated carbocycles. The van der Waals surface area contributed by atoms with Gasteiger partial charge in [-0.1, -0.05) is 0 Å². The van der Waals surface area contributed by atoms with Gasteiger partial charge in [-0.15, -0.1) is 0 Å². The lowest BCUT2D eigenvalue weighted by Gasteiger charge is -2.29. The standard InChI is InChI=1S/C21H26N4O3/c1-13-7-23-18(9-22-13)20(26)24-8-16-17-11-25(10-15-4-3-14(2)27-15)12-21(17)6-5-19(16)28-21/h3-4,7,9,16-17,19H,5-6,8,10-12H2,1-2H3,(H,24,26)/t16-,17+,19+,21+/m0/s1. The van der Waals surface area contributed by atoms with Crippen molar-refractivity contribution in [1.29, 1.82) is 0 Å². The highest BCUT2D eigenvalue weighted by Gasteiger charge is 2.62. The monoisotopic (exact) mass is 382 g/mol. The van der Waals surface area contributed by atoms with E-state index in [-0.39, 0.29) is 17.6 Å². The number of amides is 1. The zero-order valence-corrected chi connectivity index (χ0v) is 16.4. The summed E-state index contributed by atoms with van der Waals surface area (Å²) in [6, 6.07) is 4.07. The van der Waals surface area contributed by atoms with Gasteiger partial charge in [0.05, 0.1) is 30.1 Å². The van der Waals surface area contributed by atoms with Gasteiger partial charge in [-0.3, -0.25) is 14.7 Å². The van der Waals surface area contributed by atoms with E-state index in [0.717, 1.165) is 49.7 Å². The number of ether oxygens (including phenoxy) is 1. The third-order valence-corrected chi connectivity index (χ3v) is 6.54. The SMILES string of the molecule is Cc1cnc(C(=O)NC[C@H]2[C@H]3CN(Cc4ccc(C)o4)C[C@]34CC[C@H]2O4)cn1. The number of furan rings is 1. The Hall–Kier alpha value is -2.25. The number of fused-ring (bicyclic) bond motifs is 1. The first-order chi connectivity index (χ1) is 13.5. The molecule has 3 fully saturated rings. The number of hydrogen-bond acceptors (Lipinski definition) is 6. The number of nitrogens with one attached hydrogen (secondary N) is 1. The second-order valence-electron chi connectivity index (χ2n) is 8.47. The first-order valence-corrected chi connectivity index (χ1v) is 10.0. The van der Waals surface area contributed by atoms with E-state index in [1.807, 2.05) is 19.9 Å². The minimum Gasteiger partial charge on any atom is -0.465 e. The average Bonchev–Trinajstić information content (AvgIpc) is 3.41. The molecule has 2 aromatic rings. The number of carbonyl (C=O) groups is 1. The molecule has 7 heteroatoms. The van der Waals surface area contributed by atoms with Crippen LogP contribution in [0.4, 0.5) is 0 Å². The molecule has 4 atom stereocenters. The molecule has 7 nitrogen and oxygen atoms in total. The van der Waals surface area contributed by atoms with E-state index in [1.54, 1.807) is 6.20 Å². The van der Waals surface area contributed by atoms with E-state index in [9.17, 15) is 4.79 Å². The minimum absolute atomic E-state index is 0.0502. The predicted octanol–water partition coefficient (Wildman–Crippen LogP) is 2.10. The molecule has 0 radical (unpaired) electrons. The number of aromatic nitrogens is 2. The molecule has 5 heterocycles. The lowest BCUT2D eigenvalue weighted by atomic mass is 9.73. The normalized spacial score (nSPS) is 31.3. The fraction of sp³-hybridized carbons (Fsp3) is 0.571. The molecule has 0 aliphatic carbocycles.